The number of aromatic amines is 1. The average Bonchev–Trinajstić information content (AvgIpc) is 2.64. The molecule has 3 nitrogen and oxygen atoms in total. The number of hydrogen-bond donors (Lipinski definition) is 1. The molecule has 0 saturated heterocycles. The fourth-order valence-corrected chi connectivity index (χ4v) is 1.24. The molecular weight excluding hydrogens is 270 g/mol. The van der Waals surface area contributed by atoms with Crippen LogP contribution in [0.1, 0.15) is 22.5 Å². The highest BCUT2D eigenvalue weighted by Crippen LogP contribution is 2.30. The highest BCUT2D eigenvalue weighted by atomic mass is 35.6. The largest absolute Gasteiger partial charge is 0.357 e. The molecule has 0 aliphatic heterocycles. The van der Waals surface area contributed by atoms with Crippen LogP contribution in [0.4, 0.5) is 0 Å². The van der Waals surface area contributed by atoms with Crippen LogP contribution in [0.3, 0.4) is 0 Å². The topological polar surface area (TPSA) is 56.6 Å². The Kier molecular flexibility index (Phi) is 4.26. The normalized spacial score (nSPS) is 10.1. The van der Waals surface area contributed by atoms with Crippen LogP contribution in [0.25, 0.3) is 0 Å². The number of H-pyrrole nitrogens is 1. The maximum absolute atomic E-state index is 11.5. The highest BCUT2D eigenvalue weighted by molar-refractivity contribution is 6.77. The smallest absolute Gasteiger partial charge is 0.254 e. The Labute approximate surface area is 107 Å². The summed E-state index contributed by atoms with van der Waals surface area (Å²) in [4.78, 5) is 14.1. The van der Waals surface area contributed by atoms with Gasteiger partial charge in [-0.1, -0.05) is 46.6 Å². The molecule has 82 valence electrons. The third-order valence-corrected chi connectivity index (χ3v) is 2.10. The second-order valence-electron chi connectivity index (χ2n) is 2.77. The number of carbonyl (C=O) groups excluding carboxylic acids is 1. The minimum atomic E-state index is -1.98. The number of rotatable bonds is 1. The highest BCUT2D eigenvalue weighted by Gasteiger charge is 2.32. The molecule has 0 aromatic carbocycles. The lowest BCUT2D eigenvalue weighted by molar-refractivity contribution is 0.0992. The summed E-state index contributed by atoms with van der Waals surface area (Å²) < 4.78 is -1.98. The summed E-state index contributed by atoms with van der Waals surface area (Å²) >= 11 is 16.3. The standard InChI is InChI=1S/C10H5Cl3N2O/c11-10(12,13)9(16)8-5-7(6-15-8)3-1-2-4-14/h5-6,15H,2H2. The van der Waals surface area contributed by atoms with Gasteiger partial charge in [-0.3, -0.25) is 4.79 Å². The number of carbonyl (C=O) groups is 1. The van der Waals surface area contributed by atoms with Crippen LogP contribution in [-0.2, 0) is 0 Å². The second-order valence-corrected chi connectivity index (χ2v) is 5.05. The quantitative estimate of drug-likeness (QED) is 0.487. The van der Waals surface area contributed by atoms with Gasteiger partial charge in [0, 0.05) is 11.8 Å². The molecular formula is C10H5Cl3N2O. The van der Waals surface area contributed by atoms with Gasteiger partial charge in [0.05, 0.1) is 18.2 Å². The molecule has 1 N–H and O–H groups in total. The van der Waals surface area contributed by atoms with E-state index in [1.807, 2.05) is 6.07 Å². The van der Waals surface area contributed by atoms with Crippen LogP contribution in [0.5, 0.6) is 0 Å². The fraction of sp³-hybridized carbons (Fsp3) is 0.200. The van der Waals surface area contributed by atoms with Gasteiger partial charge < -0.3 is 4.98 Å². The van der Waals surface area contributed by atoms with Gasteiger partial charge >= 0.3 is 0 Å². The van der Waals surface area contributed by atoms with E-state index in [-0.39, 0.29) is 12.1 Å². The van der Waals surface area contributed by atoms with Gasteiger partial charge in [0.15, 0.2) is 0 Å². The van der Waals surface area contributed by atoms with E-state index in [4.69, 9.17) is 40.1 Å². The number of alkyl halides is 3. The Hall–Kier alpha value is -1.13. The van der Waals surface area contributed by atoms with Crippen molar-refractivity contribution < 1.29 is 4.79 Å². The van der Waals surface area contributed by atoms with Crippen molar-refractivity contribution in [3.8, 4) is 17.9 Å². The number of hydrogen-bond acceptors (Lipinski definition) is 2. The van der Waals surface area contributed by atoms with E-state index in [0.717, 1.165) is 0 Å². The molecule has 0 amide bonds. The molecule has 0 unspecified atom stereocenters. The molecule has 0 bridgehead atoms. The third kappa shape index (κ3) is 3.47. The minimum Gasteiger partial charge on any atom is -0.357 e. The van der Waals surface area contributed by atoms with Gasteiger partial charge in [-0.25, -0.2) is 0 Å². The molecule has 6 heteroatoms. The molecule has 0 spiro atoms. The lowest BCUT2D eigenvalue weighted by Gasteiger charge is -2.06. The fourth-order valence-electron chi connectivity index (χ4n) is 0.936. The monoisotopic (exact) mass is 274 g/mol. The van der Waals surface area contributed by atoms with Crippen molar-refractivity contribution in [2.24, 2.45) is 0 Å². The van der Waals surface area contributed by atoms with Crippen LogP contribution >= 0.6 is 34.8 Å². The maximum atomic E-state index is 11.5. The SMILES string of the molecule is N#CCC#Cc1c[nH]c(C(=O)C(Cl)(Cl)Cl)c1. The van der Waals surface area contributed by atoms with Gasteiger partial charge in [-0.05, 0) is 6.07 Å². The maximum Gasteiger partial charge on any atom is 0.254 e. The number of Topliss-reactive ketones (excluding diaryl/α,β-unsaturated/α-hetero) is 1. The Bertz CT molecular complexity index is 497. The first-order valence-electron chi connectivity index (χ1n) is 4.11. The first-order chi connectivity index (χ1) is 7.45. The Morgan fingerprint density at radius 2 is 2.19 bits per heavy atom. The molecule has 0 radical (unpaired) electrons. The van der Waals surface area contributed by atoms with E-state index in [2.05, 4.69) is 16.8 Å². The number of aromatic nitrogens is 1. The lowest BCUT2D eigenvalue weighted by Crippen LogP contribution is -2.19. The Morgan fingerprint density at radius 1 is 1.50 bits per heavy atom. The molecule has 1 aromatic heterocycles. The van der Waals surface area contributed by atoms with Gasteiger partial charge in [-0.15, -0.1) is 0 Å². The second kappa shape index (κ2) is 5.27. The summed E-state index contributed by atoms with van der Waals surface area (Å²) in [7, 11) is 0. The Balaban J connectivity index is 2.86. The minimum absolute atomic E-state index is 0.124. The molecule has 0 fully saturated rings. The average molecular weight is 276 g/mol. The van der Waals surface area contributed by atoms with Crippen LogP contribution < -0.4 is 0 Å². The van der Waals surface area contributed by atoms with E-state index in [9.17, 15) is 4.79 Å². The van der Waals surface area contributed by atoms with Crippen molar-refractivity contribution in [1.82, 2.24) is 4.98 Å². The molecule has 0 aliphatic rings. The van der Waals surface area contributed by atoms with Crippen molar-refractivity contribution in [3.63, 3.8) is 0 Å². The zero-order valence-corrected chi connectivity index (χ0v) is 10.1. The molecule has 0 aliphatic carbocycles. The predicted molar refractivity (Wildman–Crippen MR) is 62.5 cm³/mol. The van der Waals surface area contributed by atoms with E-state index < -0.39 is 9.58 Å². The van der Waals surface area contributed by atoms with Crippen molar-refractivity contribution in [1.29, 1.82) is 5.26 Å². The van der Waals surface area contributed by atoms with Crippen molar-refractivity contribution >= 4 is 40.6 Å². The number of nitriles is 1. The van der Waals surface area contributed by atoms with Crippen molar-refractivity contribution in [3.05, 3.63) is 23.5 Å². The number of nitrogens with zero attached hydrogens (tertiary/aromatic N) is 1. The number of ketones is 1. The third-order valence-electron chi connectivity index (χ3n) is 1.59. The Morgan fingerprint density at radius 3 is 2.75 bits per heavy atom. The van der Waals surface area contributed by atoms with Gasteiger partial charge in [0.25, 0.3) is 3.79 Å². The van der Waals surface area contributed by atoms with Crippen LogP contribution in [-0.4, -0.2) is 14.6 Å². The summed E-state index contributed by atoms with van der Waals surface area (Å²) in [6.07, 6.45) is 1.63. The summed E-state index contributed by atoms with van der Waals surface area (Å²) in [5, 5.41) is 8.28. The van der Waals surface area contributed by atoms with E-state index in [0.29, 0.717) is 5.56 Å². The van der Waals surface area contributed by atoms with Gasteiger partial charge in [0.2, 0.25) is 5.78 Å². The molecule has 1 aromatic rings. The summed E-state index contributed by atoms with van der Waals surface area (Å²) in [6, 6.07) is 3.34. The van der Waals surface area contributed by atoms with Gasteiger partial charge in [-0.2, -0.15) is 5.26 Å². The first kappa shape index (κ1) is 12.9. The van der Waals surface area contributed by atoms with E-state index in [1.165, 1.54) is 12.3 Å². The number of nitrogens with one attached hydrogen (secondary N) is 1. The summed E-state index contributed by atoms with van der Waals surface area (Å²) in [6.45, 7) is 0. The van der Waals surface area contributed by atoms with E-state index >= 15 is 0 Å². The predicted octanol–water partition coefficient (Wildman–Crippen LogP) is 2.83. The van der Waals surface area contributed by atoms with Crippen LogP contribution in [0.2, 0.25) is 0 Å². The lowest BCUT2D eigenvalue weighted by atomic mass is 10.2. The summed E-state index contributed by atoms with van der Waals surface area (Å²) in [5.41, 5.74) is 0.731. The molecule has 0 saturated carbocycles. The zero-order chi connectivity index (χ0) is 12.2. The van der Waals surface area contributed by atoms with Gasteiger partial charge in [0.1, 0.15) is 0 Å². The molecule has 16 heavy (non-hydrogen) atoms. The van der Waals surface area contributed by atoms with Crippen molar-refractivity contribution in [2.75, 3.05) is 0 Å². The van der Waals surface area contributed by atoms with Crippen LogP contribution in [0, 0.1) is 23.2 Å². The molecule has 1 heterocycles. The van der Waals surface area contributed by atoms with Crippen LogP contribution in [0.15, 0.2) is 12.3 Å². The first-order valence-corrected chi connectivity index (χ1v) is 5.24. The molecule has 0 atom stereocenters. The van der Waals surface area contributed by atoms with Crippen molar-refractivity contribution in [2.45, 2.75) is 10.2 Å². The zero-order valence-electron chi connectivity index (χ0n) is 7.85. The summed E-state index contributed by atoms with van der Waals surface area (Å²) in [5.74, 6) is 4.64. The van der Waals surface area contributed by atoms with E-state index in [1.54, 1.807) is 0 Å². The molecule has 1 rings (SSSR count). The number of halogens is 3.